The molecule has 0 amide bonds. The van der Waals surface area contributed by atoms with Crippen LogP contribution in [0.2, 0.25) is 0 Å². The average molecular weight is 293 g/mol. The lowest BCUT2D eigenvalue weighted by Crippen LogP contribution is -2.44. The molecule has 4 atom stereocenters. The first-order valence-corrected chi connectivity index (χ1v) is 8.53. The van der Waals surface area contributed by atoms with Crippen molar-refractivity contribution in [2.24, 2.45) is 5.92 Å². The van der Waals surface area contributed by atoms with Gasteiger partial charge in [-0.3, -0.25) is 0 Å². The van der Waals surface area contributed by atoms with Gasteiger partial charge in [-0.05, 0) is 44.9 Å². The Morgan fingerprint density at radius 2 is 2.10 bits per heavy atom. The molecule has 0 spiro atoms. The maximum absolute atomic E-state index is 5.66. The lowest BCUT2D eigenvalue weighted by atomic mass is 9.78. The summed E-state index contributed by atoms with van der Waals surface area (Å²) in [5.41, 5.74) is 0. The van der Waals surface area contributed by atoms with Crippen LogP contribution in [0.25, 0.3) is 0 Å². The van der Waals surface area contributed by atoms with E-state index in [1.807, 2.05) is 6.92 Å². The SMILES string of the molecule is CCOC(CC)c1noc(C2CCC3CCCCC3N2)n1. The molecule has 0 radical (unpaired) electrons. The maximum atomic E-state index is 5.66. The Hall–Kier alpha value is -0.940. The van der Waals surface area contributed by atoms with Crippen LogP contribution in [-0.4, -0.2) is 22.8 Å². The highest BCUT2D eigenvalue weighted by molar-refractivity contribution is 5.00. The molecule has 4 unspecified atom stereocenters. The molecule has 1 aromatic rings. The summed E-state index contributed by atoms with van der Waals surface area (Å²) >= 11 is 0. The van der Waals surface area contributed by atoms with Crippen molar-refractivity contribution in [3.63, 3.8) is 0 Å². The standard InChI is InChI=1S/C16H27N3O2/c1-3-14(20-4-2)15-18-16(21-19-15)13-10-9-11-7-5-6-8-12(11)17-13/h11-14,17H,3-10H2,1-2H3. The summed E-state index contributed by atoms with van der Waals surface area (Å²) in [7, 11) is 0. The monoisotopic (exact) mass is 293 g/mol. The molecule has 2 aliphatic rings. The van der Waals surface area contributed by atoms with E-state index in [1.54, 1.807) is 0 Å². The number of hydrogen-bond donors (Lipinski definition) is 1. The van der Waals surface area contributed by atoms with Gasteiger partial charge in [0.15, 0.2) is 0 Å². The first-order valence-electron chi connectivity index (χ1n) is 8.53. The molecule has 2 fully saturated rings. The van der Waals surface area contributed by atoms with Crippen molar-refractivity contribution in [1.29, 1.82) is 0 Å². The molecular weight excluding hydrogens is 266 g/mol. The third kappa shape index (κ3) is 3.29. The predicted molar refractivity (Wildman–Crippen MR) is 79.8 cm³/mol. The van der Waals surface area contributed by atoms with Gasteiger partial charge in [-0.15, -0.1) is 0 Å². The van der Waals surface area contributed by atoms with Crippen molar-refractivity contribution < 1.29 is 9.26 Å². The fraction of sp³-hybridized carbons (Fsp3) is 0.875. The van der Waals surface area contributed by atoms with Gasteiger partial charge in [0.2, 0.25) is 11.7 Å². The van der Waals surface area contributed by atoms with E-state index in [1.165, 1.54) is 32.1 Å². The molecule has 21 heavy (non-hydrogen) atoms. The highest BCUT2D eigenvalue weighted by atomic mass is 16.5. The first kappa shape index (κ1) is 15.0. The first-order chi connectivity index (χ1) is 10.3. The van der Waals surface area contributed by atoms with Gasteiger partial charge in [0.05, 0.1) is 6.04 Å². The molecule has 1 aliphatic heterocycles. The van der Waals surface area contributed by atoms with Crippen molar-refractivity contribution in [1.82, 2.24) is 15.5 Å². The number of aromatic nitrogens is 2. The van der Waals surface area contributed by atoms with Crippen molar-refractivity contribution in [3.8, 4) is 0 Å². The van der Waals surface area contributed by atoms with Gasteiger partial charge < -0.3 is 14.6 Å². The summed E-state index contributed by atoms with van der Waals surface area (Å²) in [6.45, 7) is 4.76. The Morgan fingerprint density at radius 3 is 2.90 bits per heavy atom. The second-order valence-electron chi connectivity index (χ2n) is 6.29. The Morgan fingerprint density at radius 1 is 1.24 bits per heavy atom. The minimum atomic E-state index is -0.0430. The van der Waals surface area contributed by atoms with Crippen LogP contribution in [0.3, 0.4) is 0 Å². The number of fused-ring (bicyclic) bond motifs is 1. The van der Waals surface area contributed by atoms with E-state index in [2.05, 4.69) is 22.4 Å². The molecule has 3 rings (SSSR count). The minimum absolute atomic E-state index is 0.0430. The summed E-state index contributed by atoms with van der Waals surface area (Å²) in [6, 6.07) is 0.867. The Bertz CT molecular complexity index is 448. The van der Waals surface area contributed by atoms with Crippen LogP contribution in [0.15, 0.2) is 4.52 Å². The third-order valence-corrected chi connectivity index (χ3v) is 4.93. The topological polar surface area (TPSA) is 60.2 Å². The summed E-state index contributed by atoms with van der Waals surface area (Å²) in [5, 5.41) is 7.87. The van der Waals surface area contributed by atoms with Crippen LogP contribution in [0, 0.1) is 5.92 Å². The van der Waals surface area contributed by atoms with Gasteiger partial charge in [-0.25, -0.2) is 0 Å². The van der Waals surface area contributed by atoms with Crippen LogP contribution in [0.5, 0.6) is 0 Å². The molecule has 1 N–H and O–H groups in total. The average Bonchev–Trinajstić information content (AvgIpc) is 3.02. The molecule has 2 heterocycles. The van der Waals surface area contributed by atoms with Crippen molar-refractivity contribution in [3.05, 3.63) is 11.7 Å². The number of nitrogens with one attached hydrogen (secondary N) is 1. The van der Waals surface area contributed by atoms with Crippen LogP contribution >= 0.6 is 0 Å². The number of nitrogens with zero attached hydrogens (tertiary/aromatic N) is 2. The van der Waals surface area contributed by atoms with Gasteiger partial charge in [-0.2, -0.15) is 4.98 Å². The molecule has 5 nitrogen and oxygen atoms in total. The lowest BCUT2D eigenvalue weighted by molar-refractivity contribution is 0.0518. The highest BCUT2D eigenvalue weighted by Crippen LogP contribution is 2.36. The van der Waals surface area contributed by atoms with Crippen molar-refractivity contribution in [2.45, 2.75) is 77.0 Å². The Kier molecular flexibility index (Phi) is 4.91. The van der Waals surface area contributed by atoms with Crippen LogP contribution in [0.1, 0.15) is 82.7 Å². The smallest absolute Gasteiger partial charge is 0.243 e. The quantitative estimate of drug-likeness (QED) is 0.899. The summed E-state index contributed by atoms with van der Waals surface area (Å²) in [4.78, 5) is 4.60. The Balaban J connectivity index is 1.65. The van der Waals surface area contributed by atoms with Crippen molar-refractivity contribution >= 4 is 0 Å². The fourth-order valence-electron chi connectivity index (χ4n) is 3.79. The predicted octanol–water partition coefficient (Wildman–Crippen LogP) is 3.54. The van der Waals surface area contributed by atoms with Crippen LogP contribution in [0.4, 0.5) is 0 Å². The summed E-state index contributed by atoms with van der Waals surface area (Å²) in [6.07, 6.45) is 8.62. The van der Waals surface area contributed by atoms with E-state index in [9.17, 15) is 0 Å². The normalized spacial score (nSPS) is 30.9. The number of hydrogen-bond acceptors (Lipinski definition) is 5. The van der Waals surface area contributed by atoms with Gasteiger partial charge in [-0.1, -0.05) is 24.9 Å². The second kappa shape index (κ2) is 6.88. The zero-order valence-electron chi connectivity index (χ0n) is 13.2. The van der Waals surface area contributed by atoms with Crippen molar-refractivity contribution in [2.75, 3.05) is 6.61 Å². The molecule has 1 aliphatic carbocycles. The fourth-order valence-corrected chi connectivity index (χ4v) is 3.79. The summed E-state index contributed by atoms with van der Waals surface area (Å²) in [5.74, 6) is 2.29. The van der Waals surface area contributed by atoms with E-state index >= 15 is 0 Å². The number of piperidine rings is 1. The molecule has 1 saturated heterocycles. The molecule has 1 aromatic heterocycles. The van der Waals surface area contributed by atoms with Gasteiger partial charge in [0.1, 0.15) is 6.10 Å². The number of ether oxygens (including phenoxy) is 1. The van der Waals surface area contributed by atoms with Gasteiger partial charge in [0, 0.05) is 12.6 Å². The molecular formula is C16H27N3O2. The Labute approximate surface area is 126 Å². The molecule has 5 heteroatoms. The van der Waals surface area contributed by atoms with E-state index in [0.717, 1.165) is 24.7 Å². The highest BCUT2D eigenvalue weighted by Gasteiger charge is 2.34. The van der Waals surface area contributed by atoms with Crippen LogP contribution < -0.4 is 5.32 Å². The molecule has 0 aromatic carbocycles. The van der Waals surface area contributed by atoms with E-state index in [4.69, 9.17) is 9.26 Å². The van der Waals surface area contributed by atoms with E-state index in [-0.39, 0.29) is 12.1 Å². The van der Waals surface area contributed by atoms with Gasteiger partial charge in [0.25, 0.3) is 0 Å². The molecule has 118 valence electrons. The molecule has 0 bridgehead atoms. The van der Waals surface area contributed by atoms with Gasteiger partial charge >= 0.3 is 0 Å². The van der Waals surface area contributed by atoms with E-state index < -0.39 is 0 Å². The van der Waals surface area contributed by atoms with Crippen LogP contribution in [-0.2, 0) is 4.74 Å². The maximum Gasteiger partial charge on any atom is 0.243 e. The zero-order chi connectivity index (χ0) is 14.7. The number of rotatable bonds is 5. The lowest BCUT2D eigenvalue weighted by Gasteiger charge is -2.39. The minimum Gasteiger partial charge on any atom is -0.370 e. The largest absolute Gasteiger partial charge is 0.370 e. The second-order valence-corrected chi connectivity index (χ2v) is 6.29. The molecule has 1 saturated carbocycles. The zero-order valence-corrected chi connectivity index (χ0v) is 13.2. The third-order valence-electron chi connectivity index (χ3n) is 4.93. The summed E-state index contributed by atoms with van der Waals surface area (Å²) < 4.78 is 11.2. The van der Waals surface area contributed by atoms with E-state index in [0.29, 0.717) is 18.5 Å².